The van der Waals surface area contributed by atoms with Gasteiger partial charge in [-0.15, -0.1) is 0 Å². The van der Waals surface area contributed by atoms with Crippen LogP contribution in [0.5, 0.6) is 11.5 Å². The van der Waals surface area contributed by atoms with E-state index in [1.54, 1.807) is 12.4 Å². The Morgan fingerprint density at radius 1 is 1.19 bits per heavy atom. The Bertz CT molecular complexity index is 511. The molecule has 2 aromatic rings. The maximum Gasteiger partial charge on any atom is 0.146 e. The van der Waals surface area contributed by atoms with Gasteiger partial charge in [-0.05, 0) is 53.0 Å². The summed E-state index contributed by atoms with van der Waals surface area (Å²) in [4.78, 5) is 4.06. The van der Waals surface area contributed by atoms with Crippen LogP contribution in [0.1, 0.15) is 11.1 Å². The SMILES string of the molecule is Cc1cccc(Oc2cncc(Br)c2)c1C. The van der Waals surface area contributed by atoms with E-state index in [1.807, 2.05) is 18.2 Å². The van der Waals surface area contributed by atoms with E-state index >= 15 is 0 Å². The van der Waals surface area contributed by atoms with Crippen molar-refractivity contribution in [3.8, 4) is 11.5 Å². The van der Waals surface area contributed by atoms with Gasteiger partial charge in [-0.1, -0.05) is 12.1 Å². The van der Waals surface area contributed by atoms with Gasteiger partial charge >= 0.3 is 0 Å². The van der Waals surface area contributed by atoms with Gasteiger partial charge in [0.15, 0.2) is 0 Å². The monoisotopic (exact) mass is 277 g/mol. The lowest BCUT2D eigenvalue weighted by Gasteiger charge is -2.10. The van der Waals surface area contributed by atoms with Crippen LogP contribution in [0.4, 0.5) is 0 Å². The van der Waals surface area contributed by atoms with Gasteiger partial charge in [-0.25, -0.2) is 0 Å². The average Bonchev–Trinajstić information content (AvgIpc) is 2.25. The third-order valence-electron chi connectivity index (χ3n) is 2.46. The quantitative estimate of drug-likeness (QED) is 0.819. The molecule has 0 saturated carbocycles. The molecule has 2 rings (SSSR count). The van der Waals surface area contributed by atoms with Crippen LogP contribution in [0.15, 0.2) is 41.1 Å². The summed E-state index contributed by atoms with van der Waals surface area (Å²) in [7, 11) is 0. The van der Waals surface area contributed by atoms with Gasteiger partial charge in [-0.3, -0.25) is 4.98 Å². The highest BCUT2D eigenvalue weighted by Gasteiger charge is 2.03. The van der Waals surface area contributed by atoms with E-state index in [9.17, 15) is 0 Å². The number of nitrogens with zero attached hydrogens (tertiary/aromatic N) is 1. The molecule has 0 aliphatic heterocycles. The molecule has 0 atom stereocenters. The predicted octanol–water partition coefficient (Wildman–Crippen LogP) is 4.25. The molecule has 1 aromatic heterocycles. The lowest BCUT2D eigenvalue weighted by molar-refractivity contribution is 0.475. The summed E-state index contributed by atoms with van der Waals surface area (Å²) in [6.07, 6.45) is 3.43. The Morgan fingerprint density at radius 2 is 2.00 bits per heavy atom. The summed E-state index contributed by atoms with van der Waals surface area (Å²) in [5, 5.41) is 0. The maximum absolute atomic E-state index is 5.78. The Morgan fingerprint density at radius 3 is 2.75 bits per heavy atom. The minimum Gasteiger partial charge on any atom is -0.455 e. The number of ether oxygens (including phenoxy) is 1. The number of aromatic nitrogens is 1. The number of pyridine rings is 1. The molecule has 3 heteroatoms. The van der Waals surface area contributed by atoms with Crippen LogP contribution in [0.2, 0.25) is 0 Å². The molecule has 0 unspecified atom stereocenters. The van der Waals surface area contributed by atoms with E-state index in [2.05, 4.69) is 40.8 Å². The highest BCUT2D eigenvalue weighted by atomic mass is 79.9. The molecule has 0 bridgehead atoms. The van der Waals surface area contributed by atoms with Crippen molar-refractivity contribution in [2.75, 3.05) is 0 Å². The highest BCUT2D eigenvalue weighted by Crippen LogP contribution is 2.27. The van der Waals surface area contributed by atoms with Crippen molar-refractivity contribution in [1.29, 1.82) is 0 Å². The summed E-state index contributed by atoms with van der Waals surface area (Å²) < 4.78 is 6.69. The second-order valence-corrected chi connectivity index (χ2v) is 4.55. The van der Waals surface area contributed by atoms with Crippen molar-refractivity contribution < 1.29 is 4.74 Å². The molecule has 2 nitrogen and oxygen atoms in total. The van der Waals surface area contributed by atoms with E-state index in [1.165, 1.54) is 5.56 Å². The predicted molar refractivity (Wildman–Crippen MR) is 67.9 cm³/mol. The molecule has 0 amide bonds. The summed E-state index contributed by atoms with van der Waals surface area (Å²) in [6.45, 7) is 4.12. The molecule has 0 radical (unpaired) electrons. The number of hydrogen-bond acceptors (Lipinski definition) is 2. The zero-order valence-corrected chi connectivity index (χ0v) is 10.8. The standard InChI is InChI=1S/C13H12BrNO/c1-9-4-3-5-13(10(9)2)16-12-6-11(14)7-15-8-12/h3-8H,1-2H3. The zero-order valence-electron chi connectivity index (χ0n) is 9.20. The fourth-order valence-electron chi connectivity index (χ4n) is 1.41. The molecule has 16 heavy (non-hydrogen) atoms. The Kier molecular flexibility index (Phi) is 3.25. The fraction of sp³-hybridized carbons (Fsp3) is 0.154. The lowest BCUT2D eigenvalue weighted by Crippen LogP contribution is -1.90. The molecule has 82 valence electrons. The van der Waals surface area contributed by atoms with Crippen molar-refractivity contribution in [2.24, 2.45) is 0 Å². The normalized spacial score (nSPS) is 10.2. The summed E-state index contributed by atoms with van der Waals surface area (Å²) >= 11 is 3.37. The Hall–Kier alpha value is -1.35. The van der Waals surface area contributed by atoms with Gasteiger partial charge in [0.2, 0.25) is 0 Å². The van der Waals surface area contributed by atoms with E-state index in [0.29, 0.717) is 0 Å². The first-order valence-electron chi connectivity index (χ1n) is 5.01. The molecule has 1 heterocycles. The number of hydrogen-bond donors (Lipinski definition) is 0. The fourth-order valence-corrected chi connectivity index (χ4v) is 1.75. The van der Waals surface area contributed by atoms with E-state index in [4.69, 9.17) is 4.74 Å². The molecule has 0 spiro atoms. The molecule has 0 fully saturated rings. The van der Waals surface area contributed by atoms with Crippen molar-refractivity contribution in [1.82, 2.24) is 4.98 Å². The van der Waals surface area contributed by atoms with Gasteiger partial charge in [-0.2, -0.15) is 0 Å². The molecule has 0 N–H and O–H groups in total. The van der Waals surface area contributed by atoms with Crippen molar-refractivity contribution in [2.45, 2.75) is 13.8 Å². The third-order valence-corrected chi connectivity index (χ3v) is 2.90. The molecule has 0 aliphatic rings. The molecular weight excluding hydrogens is 266 g/mol. The highest BCUT2D eigenvalue weighted by molar-refractivity contribution is 9.10. The van der Waals surface area contributed by atoms with Crippen molar-refractivity contribution in [3.63, 3.8) is 0 Å². The van der Waals surface area contributed by atoms with Crippen LogP contribution in [0.3, 0.4) is 0 Å². The topological polar surface area (TPSA) is 22.1 Å². The maximum atomic E-state index is 5.78. The number of benzene rings is 1. The van der Waals surface area contributed by atoms with Crippen LogP contribution in [-0.4, -0.2) is 4.98 Å². The smallest absolute Gasteiger partial charge is 0.146 e. The zero-order chi connectivity index (χ0) is 11.5. The van der Waals surface area contributed by atoms with Gasteiger partial charge in [0, 0.05) is 10.7 Å². The molecule has 0 aliphatic carbocycles. The molecule has 1 aromatic carbocycles. The van der Waals surface area contributed by atoms with E-state index < -0.39 is 0 Å². The Labute approximate surface area is 103 Å². The minimum atomic E-state index is 0.739. The minimum absolute atomic E-state index is 0.739. The van der Waals surface area contributed by atoms with Gasteiger partial charge in [0.25, 0.3) is 0 Å². The first-order chi connectivity index (χ1) is 7.66. The second-order valence-electron chi connectivity index (χ2n) is 3.64. The number of rotatable bonds is 2. The van der Waals surface area contributed by atoms with Crippen LogP contribution in [-0.2, 0) is 0 Å². The van der Waals surface area contributed by atoms with E-state index in [0.717, 1.165) is 21.5 Å². The average molecular weight is 278 g/mol. The summed E-state index contributed by atoms with van der Waals surface area (Å²) in [5.74, 6) is 1.61. The van der Waals surface area contributed by atoms with Crippen molar-refractivity contribution in [3.05, 3.63) is 52.3 Å². The number of aryl methyl sites for hydroxylation is 1. The number of halogens is 1. The third kappa shape index (κ3) is 2.42. The van der Waals surface area contributed by atoms with Gasteiger partial charge < -0.3 is 4.74 Å². The van der Waals surface area contributed by atoms with Crippen LogP contribution in [0, 0.1) is 13.8 Å². The van der Waals surface area contributed by atoms with Crippen molar-refractivity contribution >= 4 is 15.9 Å². The Balaban J connectivity index is 2.31. The first kappa shape index (κ1) is 11.1. The lowest BCUT2D eigenvalue weighted by atomic mass is 10.1. The van der Waals surface area contributed by atoms with Gasteiger partial charge in [0.1, 0.15) is 11.5 Å². The summed E-state index contributed by atoms with van der Waals surface area (Å²) in [6, 6.07) is 7.92. The van der Waals surface area contributed by atoms with Crippen LogP contribution >= 0.6 is 15.9 Å². The molecule has 0 saturated heterocycles. The van der Waals surface area contributed by atoms with Crippen LogP contribution < -0.4 is 4.74 Å². The largest absolute Gasteiger partial charge is 0.455 e. The molecular formula is C13H12BrNO. The first-order valence-corrected chi connectivity index (χ1v) is 5.81. The van der Waals surface area contributed by atoms with Gasteiger partial charge in [0.05, 0.1) is 6.20 Å². The summed E-state index contributed by atoms with van der Waals surface area (Å²) in [5.41, 5.74) is 2.38. The second kappa shape index (κ2) is 4.66. The van der Waals surface area contributed by atoms with E-state index in [-0.39, 0.29) is 0 Å². The van der Waals surface area contributed by atoms with Crippen LogP contribution in [0.25, 0.3) is 0 Å².